The Balaban J connectivity index is 2.80. The Morgan fingerprint density at radius 2 is 2.06 bits per heavy atom. The Labute approximate surface area is 103 Å². The van der Waals surface area contributed by atoms with Gasteiger partial charge in [0.25, 0.3) is 6.43 Å². The molecule has 0 saturated carbocycles. The van der Waals surface area contributed by atoms with Gasteiger partial charge in [-0.2, -0.15) is 15.0 Å². The lowest BCUT2D eigenvalue weighted by atomic mass is 10.5. The number of alkyl halides is 2. The van der Waals surface area contributed by atoms with Crippen LogP contribution in [0.1, 0.15) is 13.3 Å². The van der Waals surface area contributed by atoms with Crippen LogP contribution in [0.5, 0.6) is 6.01 Å². The molecule has 0 bridgehead atoms. The minimum Gasteiger partial charge on any atom is -0.463 e. The van der Waals surface area contributed by atoms with Crippen molar-refractivity contribution in [1.29, 1.82) is 0 Å². The fourth-order valence-electron chi connectivity index (χ4n) is 1.04. The Morgan fingerprint density at radius 1 is 1.35 bits per heavy atom. The maximum absolute atomic E-state index is 12.2. The highest BCUT2D eigenvalue weighted by Crippen LogP contribution is 2.15. The summed E-state index contributed by atoms with van der Waals surface area (Å²) in [5.74, 6) is 0.0661. The van der Waals surface area contributed by atoms with Crippen LogP contribution in [0, 0.1) is 0 Å². The lowest BCUT2D eigenvalue weighted by molar-refractivity contribution is 0.156. The van der Waals surface area contributed by atoms with Crippen molar-refractivity contribution >= 4 is 17.5 Å². The van der Waals surface area contributed by atoms with E-state index < -0.39 is 13.0 Å². The van der Waals surface area contributed by atoms with E-state index in [0.29, 0.717) is 6.61 Å². The van der Waals surface area contributed by atoms with E-state index in [9.17, 15) is 8.78 Å². The first-order valence-electron chi connectivity index (χ1n) is 5.06. The van der Waals surface area contributed by atoms with Crippen LogP contribution in [-0.2, 0) is 0 Å². The largest absolute Gasteiger partial charge is 0.463 e. The van der Waals surface area contributed by atoms with Crippen molar-refractivity contribution in [1.82, 2.24) is 15.0 Å². The van der Waals surface area contributed by atoms with Gasteiger partial charge in [0.1, 0.15) is 0 Å². The second-order valence-corrected chi connectivity index (χ2v) is 3.65. The molecule has 0 aliphatic rings. The van der Waals surface area contributed by atoms with Crippen molar-refractivity contribution in [3.63, 3.8) is 0 Å². The number of nitrogens with zero attached hydrogens (tertiary/aromatic N) is 4. The summed E-state index contributed by atoms with van der Waals surface area (Å²) < 4.78 is 29.6. The average molecular weight is 267 g/mol. The molecule has 96 valence electrons. The molecule has 1 aromatic heterocycles. The smallest absolute Gasteiger partial charge is 0.322 e. The van der Waals surface area contributed by atoms with E-state index in [2.05, 4.69) is 15.0 Å². The van der Waals surface area contributed by atoms with E-state index in [1.807, 2.05) is 6.92 Å². The Morgan fingerprint density at radius 3 is 2.65 bits per heavy atom. The van der Waals surface area contributed by atoms with E-state index in [1.165, 1.54) is 11.9 Å². The van der Waals surface area contributed by atoms with Gasteiger partial charge < -0.3 is 9.64 Å². The van der Waals surface area contributed by atoms with Gasteiger partial charge in [-0.25, -0.2) is 8.78 Å². The summed E-state index contributed by atoms with van der Waals surface area (Å²) in [5.41, 5.74) is 0. The highest BCUT2D eigenvalue weighted by Gasteiger charge is 2.14. The fraction of sp³-hybridized carbons (Fsp3) is 0.667. The molecule has 1 heterocycles. The lowest BCUT2D eigenvalue weighted by Crippen LogP contribution is -2.26. The molecule has 0 unspecified atom stereocenters. The molecule has 0 spiro atoms. The number of anilines is 1. The SMILES string of the molecule is CCCOc1nc(Cl)nc(N(C)CC(F)F)n1. The third-order valence-corrected chi connectivity index (χ3v) is 1.93. The van der Waals surface area contributed by atoms with Crippen LogP contribution in [0.4, 0.5) is 14.7 Å². The van der Waals surface area contributed by atoms with Gasteiger partial charge in [-0.05, 0) is 18.0 Å². The number of ether oxygens (including phenoxy) is 1. The topological polar surface area (TPSA) is 51.1 Å². The van der Waals surface area contributed by atoms with Gasteiger partial charge in [0.15, 0.2) is 0 Å². The second-order valence-electron chi connectivity index (χ2n) is 3.31. The van der Waals surface area contributed by atoms with E-state index in [4.69, 9.17) is 16.3 Å². The number of aromatic nitrogens is 3. The standard InChI is InChI=1S/C9H13ClF2N4O/c1-3-4-17-9-14-7(10)13-8(15-9)16(2)5-6(11)12/h6H,3-5H2,1-2H3. The first kappa shape index (κ1) is 13.8. The molecule has 5 nitrogen and oxygen atoms in total. The minimum atomic E-state index is -2.48. The van der Waals surface area contributed by atoms with Crippen molar-refractivity contribution in [2.75, 3.05) is 25.1 Å². The summed E-state index contributed by atoms with van der Waals surface area (Å²) in [6.45, 7) is 1.87. The predicted octanol–water partition coefficient (Wildman–Crippen LogP) is 2.02. The molecule has 0 N–H and O–H groups in total. The zero-order chi connectivity index (χ0) is 12.8. The monoisotopic (exact) mass is 266 g/mol. The van der Waals surface area contributed by atoms with Crippen LogP contribution in [-0.4, -0.2) is 41.6 Å². The number of hydrogen-bond donors (Lipinski definition) is 0. The van der Waals surface area contributed by atoms with Gasteiger partial charge in [-0.1, -0.05) is 6.92 Å². The molecule has 0 radical (unpaired) electrons. The molecule has 0 aliphatic heterocycles. The number of halogens is 3. The third kappa shape index (κ3) is 4.64. The van der Waals surface area contributed by atoms with E-state index in [1.54, 1.807) is 0 Å². The highest BCUT2D eigenvalue weighted by molar-refractivity contribution is 6.28. The first-order valence-corrected chi connectivity index (χ1v) is 5.44. The fourth-order valence-corrected chi connectivity index (χ4v) is 1.19. The van der Waals surface area contributed by atoms with Crippen LogP contribution in [0.3, 0.4) is 0 Å². The molecule has 8 heteroatoms. The molecule has 17 heavy (non-hydrogen) atoms. The van der Waals surface area contributed by atoms with Crippen molar-refractivity contribution in [2.45, 2.75) is 19.8 Å². The van der Waals surface area contributed by atoms with Gasteiger partial charge in [-0.3, -0.25) is 0 Å². The number of hydrogen-bond acceptors (Lipinski definition) is 5. The van der Waals surface area contributed by atoms with E-state index >= 15 is 0 Å². The quantitative estimate of drug-likeness (QED) is 0.788. The van der Waals surface area contributed by atoms with Crippen LogP contribution >= 0.6 is 11.6 Å². The van der Waals surface area contributed by atoms with Crippen molar-refractivity contribution in [3.05, 3.63) is 5.28 Å². The zero-order valence-corrected chi connectivity index (χ0v) is 10.3. The highest BCUT2D eigenvalue weighted by atomic mass is 35.5. The molecule has 1 rings (SSSR count). The lowest BCUT2D eigenvalue weighted by Gasteiger charge is -2.16. The minimum absolute atomic E-state index is 0.0444. The van der Waals surface area contributed by atoms with E-state index in [-0.39, 0.29) is 17.2 Å². The molecule has 0 atom stereocenters. The second kappa shape index (κ2) is 6.48. The maximum atomic E-state index is 12.2. The van der Waals surface area contributed by atoms with Crippen molar-refractivity contribution < 1.29 is 13.5 Å². The molecule has 0 aliphatic carbocycles. The molecule has 0 fully saturated rings. The maximum Gasteiger partial charge on any atom is 0.322 e. The summed E-state index contributed by atoms with van der Waals surface area (Å²) in [5, 5.41) is -0.0813. The summed E-state index contributed by atoms with van der Waals surface area (Å²) in [4.78, 5) is 12.6. The predicted molar refractivity (Wildman–Crippen MR) is 59.9 cm³/mol. The normalized spacial score (nSPS) is 10.7. The Kier molecular flexibility index (Phi) is 5.27. The summed E-state index contributed by atoms with van der Waals surface area (Å²) in [6, 6.07) is 0.0444. The Bertz CT molecular complexity index is 367. The van der Waals surface area contributed by atoms with Gasteiger partial charge in [0, 0.05) is 7.05 Å². The number of rotatable bonds is 6. The Hall–Kier alpha value is -1.24. The molecule has 0 saturated heterocycles. The molecule has 0 amide bonds. The average Bonchev–Trinajstić information content (AvgIpc) is 2.24. The molecule has 0 aromatic carbocycles. The van der Waals surface area contributed by atoms with Gasteiger partial charge in [0.2, 0.25) is 11.2 Å². The third-order valence-electron chi connectivity index (χ3n) is 1.76. The summed E-state index contributed by atoms with van der Waals surface area (Å²) in [7, 11) is 1.45. The van der Waals surface area contributed by atoms with Gasteiger partial charge in [0.05, 0.1) is 13.2 Å². The van der Waals surface area contributed by atoms with E-state index in [0.717, 1.165) is 6.42 Å². The van der Waals surface area contributed by atoms with Crippen LogP contribution in [0.25, 0.3) is 0 Å². The van der Waals surface area contributed by atoms with Crippen molar-refractivity contribution in [2.24, 2.45) is 0 Å². The molecular formula is C9H13ClF2N4O. The molecule has 1 aromatic rings. The van der Waals surface area contributed by atoms with Crippen molar-refractivity contribution in [3.8, 4) is 6.01 Å². The summed E-state index contributed by atoms with van der Waals surface area (Å²) in [6.07, 6.45) is -1.69. The van der Waals surface area contributed by atoms with Gasteiger partial charge in [-0.15, -0.1) is 0 Å². The van der Waals surface area contributed by atoms with Crippen LogP contribution in [0.15, 0.2) is 0 Å². The molecular weight excluding hydrogens is 254 g/mol. The van der Waals surface area contributed by atoms with Crippen LogP contribution in [0.2, 0.25) is 5.28 Å². The first-order chi connectivity index (χ1) is 8.02. The summed E-state index contributed by atoms with van der Waals surface area (Å²) >= 11 is 5.65. The van der Waals surface area contributed by atoms with Gasteiger partial charge >= 0.3 is 6.01 Å². The zero-order valence-electron chi connectivity index (χ0n) is 9.53. The van der Waals surface area contributed by atoms with Crippen LogP contribution < -0.4 is 9.64 Å².